The van der Waals surface area contributed by atoms with E-state index in [1.165, 1.54) is 5.56 Å². The topological polar surface area (TPSA) is 43.3 Å². The zero-order chi connectivity index (χ0) is 9.42. The number of nitrogens with two attached hydrogens (primary N) is 1. The monoisotopic (exact) mass is 175 g/mol. The smallest absolute Gasteiger partial charge is 0.146 e. The van der Waals surface area contributed by atoms with Gasteiger partial charge in [0.05, 0.1) is 5.52 Å². The summed E-state index contributed by atoms with van der Waals surface area (Å²) >= 11 is 0. The van der Waals surface area contributed by atoms with Crippen molar-refractivity contribution in [2.45, 2.75) is 19.8 Å². The SMILES string of the molecule is CC(C)c1ccc2cc(N)nn2c1. The number of fused-ring (bicyclic) bond motifs is 1. The van der Waals surface area contributed by atoms with E-state index in [4.69, 9.17) is 5.73 Å². The fraction of sp³-hybridized carbons (Fsp3) is 0.300. The Hall–Kier alpha value is -1.51. The van der Waals surface area contributed by atoms with Gasteiger partial charge in [0.2, 0.25) is 0 Å². The van der Waals surface area contributed by atoms with Gasteiger partial charge in [-0.1, -0.05) is 19.9 Å². The largest absolute Gasteiger partial charge is 0.382 e. The highest BCUT2D eigenvalue weighted by molar-refractivity contribution is 5.54. The number of pyridine rings is 1. The summed E-state index contributed by atoms with van der Waals surface area (Å²) in [6.07, 6.45) is 2.02. The molecule has 0 radical (unpaired) electrons. The summed E-state index contributed by atoms with van der Waals surface area (Å²) in [4.78, 5) is 0. The van der Waals surface area contributed by atoms with E-state index in [1.54, 1.807) is 0 Å². The second kappa shape index (κ2) is 2.76. The highest BCUT2D eigenvalue weighted by Gasteiger charge is 2.01. The highest BCUT2D eigenvalue weighted by atomic mass is 15.2. The minimum Gasteiger partial charge on any atom is -0.382 e. The van der Waals surface area contributed by atoms with Gasteiger partial charge in [-0.2, -0.15) is 5.10 Å². The molecule has 0 bridgehead atoms. The van der Waals surface area contributed by atoms with Crippen molar-refractivity contribution in [2.24, 2.45) is 0 Å². The molecule has 13 heavy (non-hydrogen) atoms. The maximum atomic E-state index is 5.58. The third-order valence-electron chi connectivity index (χ3n) is 2.17. The van der Waals surface area contributed by atoms with Crippen molar-refractivity contribution in [2.75, 3.05) is 5.73 Å². The quantitative estimate of drug-likeness (QED) is 0.720. The van der Waals surface area contributed by atoms with Crippen molar-refractivity contribution in [3.05, 3.63) is 30.0 Å². The first-order valence-electron chi connectivity index (χ1n) is 4.41. The van der Waals surface area contributed by atoms with Gasteiger partial charge in [-0.25, -0.2) is 4.52 Å². The molecule has 0 unspecified atom stereocenters. The van der Waals surface area contributed by atoms with Gasteiger partial charge < -0.3 is 5.73 Å². The maximum Gasteiger partial charge on any atom is 0.146 e. The highest BCUT2D eigenvalue weighted by Crippen LogP contribution is 2.16. The molecule has 0 saturated carbocycles. The molecule has 2 aromatic heterocycles. The van der Waals surface area contributed by atoms with Crippen LogP contribution < -0.4 is 5.73 Å². The number of hydrogen-bond donors (Lipinski definition) is 1. The molecule has 3 heteroatoms. The van der Waals surface area contributed by atoms with Crippen LogP contribution in [0.25, 0.3) is 5.52 Å². The van der Waals surface area contributed by atoms with E-state index in [2.05, 4.69) is 25.0 Å². The van der Waals surface area contributed by atoms with Crippen LogP contribution in [-0.2, 0) is 0 Å². The van der Waals surface area contributed by atoms with Crippen molar-refractivity contribution in [3.63, 3.8) is 0 Å². The van der Waals surface area contributed by atoms with E-state index in [-0.39, 0.29) is 0 Å². The molecule has 0 aliphatic heterocycles. The van der Waals surface area contributed by atoms with Crippen LogP contribution >= 0.6 is 0 Å². The number of rotatable bonds is 1. The molecule has 2 heterocycles. The molecule has 0 amide bonds. The number of nitrogens with zero attached hydrogens (tertiary/aromatic N) is 2. The van der Waals surface area contributed by atoms with Crippen molar-refractivity contribution in [1.29, 1.82) is 0 Å². The van der Waals surface area contributed by atoms with Crippen molar-refractivity contribution in [1.82, 2.24) is 9.61 Å². The van der Waals surface area contributed by atoms with Crippen LogP contribution in [0, 0.1) is 0 Å². The van der Waals surface area contributed by atoms with Crippen LogP contribution in [0.1, 0.15) is 25.3 Å². The molecule has 3 nitrogen and oxygen atoms in total. The lowest BCUT2D eigenvalue weighted by Gasteiger charge is -2.04. The first-order chi connectivity index (χ1) is 6.16. The lowest BCUT2D eigenvalue weighted by molar-refractivity contribution is 0.837. The lowest BCUT2D eigenvalue weighted by atomic mass is 10.1. The number of anilines is 1. The Morgan fingerprint density at radius 2 is 2.15 bits per heavy atom. The minimum atomic E-state index is 0.523. The Morgan fingerprint density at radius 1 is 1.38 bits per heavy atom. The molecule has 2 N–H and O–H groups in total. The summed E-state index contributed by atoms with van der Waals surface area (Å²) in [5, 5.41) is 4.15. The summed E-state index contributed by atoms with van der Waals surface area (Å²) in [6.45, 7) is 4.32. The Bertz CT molecular complexity index is 429. The molecule has 0 spiro atoms. The maximum absolute atomic E-state index is 5.58. The number of nitrogen functional groups attached to an aromatic ring is 1. The van der Waals surface area contributed by atoms with Crippen LogP contribution in [0.5, 0.6) is 0 Å². The standard InChI is InChI=1S/C10H13N3/c1-7(2)8-3-4-9-5-10(11)12-13(9)6-8/h3-7H,1-2H3,(H2,11,12). The van der Waals surface area contributed by atoms with Crippen LogP contribution in [-0.4, -0.2) is 9.61 Å². The van der Waals surface area contributed by atoms with Crippen LogP contribution in [0.3, 0.4) is 0 Å². The summed E-state index contributed by atoms with van der Waals surface area (Å²) in [5.41, 5.74) is 7.90. The predicted molar refractivity (Wildman–Crippen MR) is 53.7 cm³/mol. The van der Waals surface area contributed by atoms with Gasteiger partial charge in [0.25, 0.3) is 0 Å². The van der Waals surface area contributed by atoms with Gasteiger partial charge in [-0.05, 0) is 17.5 Å². The van der Waals surface area contributed by atoms with Crippen LogP contribution in [0.4, 0.5) is 5.82 Å². The Labute approximate surface area is 77.2 Å². The van der Waals surface area contributed by atoms with Crippen LogP contribution in [0.15, 0.2) is 24.4 Å². The Kier molecular flexibility index (Phi) is 1.72. The predicted octanol–water partition coefficient (Wildman–Crippen LogP) is 2.04. The lowest BCUT2D eigenvalue weighted by Crippen LogP contribution is -1.93. The molecule has 0 aliphatic rings. The van der Waals surface area contributed by atoms with E-state index in [1.807, 2.05) is 22.8 Å². The molecule has 0 fully saturated rings. The fourth-order valence-electron chi connectivity index (χ4n) is 1.36. The second-order valence-corrected chi connectivity index (χ2v) is 3.56. The van der Waals surface area contributed by atoms with E-state index in [9.17, 15) is 0 Å². The molecule has 0 atom stereocenters. The molecule has 0 aromatic carbocycles. The van der Waals surface area contributed by atoms with E-state index < -0.39 is 0 Å². The molecular formula is C10H13N3. The first kappa shape index (κ1) is 8.10. The van der Waals surface area contributed by atoms with E-state index >= 15 is 0 Å². The van der Waals surface area contributed by atoms with Gasteiger partial charge in [-0.15, -0.1) is 0 Å². The molecule has 0 saturated heterocycles. The molecule has 68 valence electrons. The summed E-state index contributed by atoms with van der Waals surface area (Å²) < 4.78 is 1.82. The van der Waals surface area contributed by atoms with Gasteiger partial charge in [-0.3, -0.25) is 0 Å². The third kappa shape index (κ3) is 1.37. The first-order valence-corrected chi connectivity index (χ1v) is 4.41. The molecular weight excluding hydrogens is 162 g/mol. The van der Waals surface area contributed by atoms with Gasteiger partial charge in [0.15, 0.2) is 0 Å². The van der Waals surface area contributed by atoms with E-state index in [0.29, 0.717) is 11.7 Å². The second-order valence-electron chi connectivity index (χ2n) is 3.56. The van der Waals surface area contributed by atoms with Crippen molar-refractivity contribution >= 4 is 11.3 Å². The fourth-order valence-corrected chi connectivity index (χ4v) is 1.36. The number of aromatic nitrogens is 2. The summed E-state index contributed by atoms with van der Waals surface area (Å²) in [6, 6.07) is 6.02. The van der Waals surface area contributed by atoms with Crippen molar-refractivity contribution in [3.8, 4) is 0 Å². The molecule has 0 aliphatic carbocycles. The number of hydrogen-bond acceptors (Lipinski definition) is 2. The van der Waals surface area contributed by atoms with E-state index in [0.717, 1.165) is 5.52 Å². The van der Waals surface area contributed by atoms with Crippen molar-refractivity contribution < 1.29 is 0 Å². The normalized spacial score (nSPS) is 11.3. The summed E-state index contributed by atoms with van der Waals surface area (Å²) in [5.74, 6) is 1.09. The summed E-state index contributed by atoms with van der Waals surface area (Å²) in [7, 11) is 0. The average Bonchev–Trinajstić information content (AvgIpc) is 2.42. The van der Waals surface area contributed by atoms with Gasteiger partial charge >= 0.3 is 0 Å². The average molecular weight is 175 g/mol. The Morgan fingerprint density at radius 3 is 2.85 bits per heavy atom. The third-order valence-corrected chi connectivity index (χ3v) is 2.17. The minimum absolute atomic E-state index is 0.523. The zero-order valence-corrected chi connectivity index (χ0v) is 7.86. The zero-order valence-electron chi connectivity index (χ0n) is 7.86. The Balaban J connectivity index is 2.61. The van der Waals surface area contributed by atoms with Gasteiger partial charge in [0, 0.05) is 12.3 Å². The van der Waals surface area contributed by atoms with Gasteiger partial charge in [0.1, 0.15) is 5.82 Å². The van der Waals surface area contributed by atoms with Crippen LogP contribution in [0.2, 0.25) is 0 Å². The molecule has 2 aromatic rings. The molecule has 2 rings (SSSR count).